The van der Waals surface area contributed by atoms with Gasteiger partial charge >= 0.3 is 6.09 Å². The molecular weight excluding hydrogens is 410 g/mol. The molecule has 1 aliphatic rings. The van der Waals surface area contributed by atoms with Crippen LogP contribution in [0.3, 0.4) is 0 Å². The lowest BCUT2D eigenvalue weighted by Crippen LogP contribution is -2.41. The van der Waals surface area contributed by atoms with Crippen LogP contribution in [-0.4, -0.2) is 27.1 Å². The van der Waals surface area contributed by atoms with Gasteiger partial charge in [-0.2, -0.15) is 0 Å². The zero-order valence-electron chi connectivity index (χ0n) is 12.7. The Kier molecular flexibility index (Phi) is 3.78. The molecule has 0 saturated heterocycles. The van der Waals surface area contributed by atoms with E-state index in [2.05, 4.69) is 15.9 Å². The number of hydrogen-bond donors (Lipinski definition) is 2. The molecule has 24 heavy (non-hydrogen) atoms. The maximum Gasteiger partial charge on any atom is 0.407 e. The van der Waals surface area contributed by atoms with E-state index in [9.17, 15) is 9.90 Å². The topological polar surface area (TPSA) is 79.5 Å². The van der Waals surface area contributed by atoms with Crippen molar-refractivity contribution < 1.29 is 9.90 Å². The van der Waals surface area contributed by atoms with Gasteiger partial charge in [-0.05, 0) is 37.1 Å². The van der Waals surface area contributed by atoms with Crippen molar-refractivity contribution >= 4 is 59.9 Å². The second kappa shape index (κ2) is 5.72. The van der Waals surface area contributed by atoms with Crippen LogP contribution in [0.15, 0.2) is 22.7 Å². The number of carbonyl (C=O) groups is 1. The molecule has 3 heterocycles. The van der Waals surface area contributed by atoms with Crippen molar-refractivity contribution in [3.8, 4) is 10.6 Å². The lowest BCUT2D eigenvalue weighted by atomic mass is 9.98. The van der Waals surface area contributed by atoms with Crippen LogP contribution in [0.25, 0.3) is 20.8 Å². The molecule has 8 heteroatoms. The van der Waals surface area contributed by atoms with Crippen molar-refractivity contribution in [3.63, 3.8) is 0 Å². The Hall–Kier alpha value is -1.64. The van der Waals surface area contributed by atoms with Crippen LogP contribution >= 0.6 is 38.6 Å². The summed E-state index contributed by atoms with van der Waals surface area (Å²) < 4.78 is 2.11. The lowest BCUT2D eigenvalue weighted by Gasteiger charge is -2.31. The summed E-state index contributed by atoms with van der Waals surface area (Å²) in [6.45, 7) is 2.33. The maximum absolute atomic E-state index is 11.4. The number of rotatable bonds is 1. The molecule has 1 atom stereocenters. The summed E-state index contributed by atoms with van der Waals surface area (Å²) in [6, 6.07) is 5.99. The van der Waals surface area contributed by atoms with E-state index in [0.717, 1.165) is 40.7 Å². The van der Waals surface area contributed by atoms with E-state index >= 15 is 0 Å². The van der Waals surface area contributed by atoms with Gasteiger partial charge in [-0.1, -0.05) is 15.9 Å². The molecule has 0 saturated carbocycles. The van der Waals surface area contributed by atoms with Gasteiger partial charge in [-0.3, -0.25) is 0 Å². The van der Waals surface area contributed by atoms with Crippen LogP contribution in [0.2, 0.25) is 0 Å². The van der Waals surface area contributed by atoms with Crippen LogP contribution in [-0.2, 0) is 13.0 Å². The van der Waals surface area contributed by atoms with Gasteiger partial charge in [0.05, 0.1) is 21.8 Å². The smallest absolute Gasteiger partial charge is 0.407 e. The Balaban J connectivity index is 1.83. The highest BCUT2D eigenvalue weighted by Gasteiger charge is 2.32. The van der Waals surface area contributed by atoms with Crippen LogP contribution < -0.4 is 5.73 Å². The average Bonchev–Trinajstić information content (AvgIpc) is 3.05. The molecule has 1 aromatic carbocycles. The van der Waals surface area contributed by atoms with Crippen LogP contribution in [0.4, 0.5) is 9.80 Å². The molecule has 1 unspecified atom stereocenters. The number of anilines is 1. The molecule has 4 rings (SSSR count). The number of benzene rings is 1. The van der Waals surface area contributed by atoms with Gasteiger partial charge in [0.25, 0.3) is 0 Å². The normalized spacial score (nSPS) is 17.2. The molecule has 1 amide bonds. The van der Waals surface area contributed by atoms with E-state index < -0.39 is 6.09 Å². The highest BCUT2D eigenvalue weighted by Crippen LogP contribution is 2.45. The summed E-state index contributed by atoms with van der Waals surface area (Å²) in [5, 5.41) is 11.0. The number of amides is 1. The Labute approximate surface area is 154 Å². The number of nitrogen functional groups attached to an aromatic ring is 1. The molecule has 0 spiro atoms. The fraction of sp³-hybridized carbons (Fsp3) is 0.250. The van der Waals surface area contributed by atoms with Gasteiger partial charge in [0.2, 0.25) is 0 Å². The quantitative estimate of drug-likeness (QED) is 0.589. The van der Waals surface area contributed by atoms with Gasteiger partial charge in [0, 0.05) is 21.0 Å². The largest absolute Gasteiger partial charge is 0.465 e. The number of nitrogens with zero attached hydrogens (tertiary/aromatic N) is 2. The van der Waals surface area contributed by atoms with Crippen molar-refractivity contribution in [2.45, 2.75) is 25.9 Å². The fourth-order valence-electron chi connectivity index (χ4n) is 3.09. The van der Waals surface area contributed by atoms with Gasteiger partial charge < -0.3 is 15.7 Å². The van der Waals surface area contributed by atoms with Crippen molar-refractivity contribution in [1.29, 1.82) is 0 Å². The molecule has 2 aromatic heterocycles. The van der Waals surface area contributed by atoms with E-state index in [1.54, 1.807) is 11.3 Å². The van der Waals surface area contributed by atoms with Crippen LogP contribution in [0, 0.1) is 0 Å². The van der Waals surface area contributed by atoms with Crippen molar-refractivity contribution in [3.05, 3.63) is 33.1 Å². The fourth-order valence-corrected chi connectivity index (χ4v) is 5.64. The van der Waals surface area contributed by atoms with Gasteiger partial charge in [-0.25, -0.2) is 9.78 Å². The SMILES string of the molecule is CC1Cc2c(sc(N)c2-c2nc3cc(Br)ccc3s2)CN1C(=O)O. The molecule has 0 bridgehead atoms. The molecule has 3 aromatic rings. The molecule has 0 aliphatic carbocycles. The summed E-state index contributed by atoms with van der Waals surface area (Å²) in [7, 11) is 0. The van der Waals surface area contributed by atoms with Crippen molar-refractivity contribution in [2.75, 3.05) is 5.73 Å². The minimum absolute atomic E-state index is 0.0636. The highest BCUT2D eigenvalue weighted by atomic mass is 79.9. The minimum atomic E-state index is -0.883. The number of fused-ring (bicyclic) bond motifs is 2. The van der Waals surface area contributed by atoms with Gasteiger partial charge in [-0.15, -0.1) is 22.7 Å². The lowest BCUT2D eigenvalue weighted by molar-refractivity contribution is 0.120. The summed E-state index contributed by atoms with van der Waals surface area (Å²) in [4.78, 5) is 18.6. The molecule has 124 valence electrons. The standard InChI is InChI=1S/C16H14BrN3O2S2/c1-7-4-9-12(6-20(7)16(21)22)23-14(18)13(9)15-19-10-5-8(17)2-3-11(10)24-15/h2-3,5,7H,4,6,18H2,1H3,(H,21,22). The van der Waals surface area contributed by atoms with E-state index in [1.807, 2.05) is 25.1 Å². The summed E-state index contributed by atoms with van der Waals surface area (Å²) >= 11 is 6.58. The molecule has 0 fully saturated rings. The number of thiophene rings is 1. The van der Waals surface area contributed by atoms with E-state index in [0.29, 0.717) is 13.0 Å². The van der Waals surface area contributed by atoms with E-state index in [1.165, 1.54) is 16.2 Å². The number of carboxylic acid groups (broad SMARTS) is 1. The number of hydrogen-bond acceptors (Lipinski definition) is 5. The summed E-state index contributed by atoms with van der Waals surface area (Å²) in [6.07, 6.45) is -0.212. The Morgan fingerprint density at radius 3 is 3.00 bits per heavy atom. The maximum atomic E-state index is 11.4. The number of halogens is 1. The second-order valence-corrected chi connectivity index (χ2v) is 8.92. The predicted octanol–water partition coefficient (Wildman–Crippen LogP) is 4.79. The van der Waals surface area contributed by atoms with Gasteiger partial charge in [0.1, 0.15) is 5.01 Å². The zero-order valence-corrected chi connectivity index (χ0v) is 16.0. The van der Waals surface area contributed by atoms with Crippen molar-refractivity contribution in [2.24, 2.45) is 0 Å². The summed E-state index contributed by atoms with van der Waals surface area (Å²) in [5.41, 5.74) is 9.37. The highest BCUT2D eigenvalue weighted by molar-refractivity contribution is 9.10. The third-order valence-corrected chi connectivity index (χ3v) is 6.87. The Morgan fingerprint density at radius 2 is 2.25 bits per heavy atom. The second-order valence-electron chi connectivity index (χ2n) is 5.84. The van der Waals surface area contributed by atoms with Crippen LogP contribution in [0.5, 0.6) is 0 Å². The first kappa shape index (κ1) is 15.9. The van der Waals surface area contributed by atoms with Crippen LogP contribution in [0.1, 0.15) is 17.4 Å². The predicted molar refractivity (Wildman–Crippen MR) is 102 cm³/mol. The third kappa shape index (κ3) is 2.49. The zero-order chi connectivity index (χ0) is 17.0. The summed E-state index contributed by atoms with van der Waals surface area (Å²) in [5.74, 6) is 0. The van der Waals surface area contributed by atoms with Crippen molar-refractivity contribution in [1.82, 2.24) is 9.88 Å². The first-order valence-corrected chi connectivity index (χ1v) is 9.82. The number of aromatic nitrogens is 1. The molecule has 5 nitrogen and oxygen atoms in total. The third-order valence-electron chi connectivity index (χ3n) is 4.27. The first-order valence-electron chi connectivity index (χ1n) is 7.40. The molecular formula is C16H14BrN3O2S2. The first-order chi connectivity index (χ1) is 11.4. The molecule has 1 aliphatic heterocycles. The van der Waals surface area contributed by atoms with Gasteiger partial charge in [0.15, 0.2) is 0 Å². The average molecular weight is 424 g/mol. The Morgan fingerprint density at radius 1 is 1.46 bits per heavy atom. The monoisotopic (exact) mass is 423 g/mol. The number of thiazole rings is 1. The molecule has 3 N–H and O–H groups in total. The minimum Gasteiger partial charge on any atom is -0.465 e. The van der Waals surface area contributed by atoms with E-state index in [4.69, 9.17) is 10.7 Å². The van der Waals surface area contributed by atoms with E-state index in [-0.39, 0.29) is 6.04 Å². The number of nitrogens with two attached hydrogens (primary N) is 1. The Bertz CT molecular complexity index is 966. The molecule has 0 radical (unpaired) electrons.